The quantitative estimate of drug-likeness (QED) is 0.852. The first-order chi connectivity index (χ1) is 10.1. The highest BCUT2D eigenvalue weighted by atomic mass is 16.3. The fourth-order valence-electron chi connectivity index (χ4n) is 2.47. The van der Waals surface area contributed by atoms with Crippen molar-refractivity contribution in [2.75, 3.05) is 53.4 Å². The van der Waals surface area contributed by atoms with Crippen LogP contribution in [0.2, 0.25) is 0 Å². The lowest BCUT2D eigenvalue weighted by molar-refractivity contribution is 0.136. The number of hydrogen-bond donors (Lipinski definition) is 1. The van der Waals surface area contributed by atoms with Crippen LogP contribution in [0, 0.1) is 0 Å². The van der Waals surface area contributed by atoms with Crippen molar-refractivity contribution in [2.45, 2.75) is 13.0 Å². The van der Waals surface area contributed by atoms with E-state index in [1.807, 2.05) is 17.0 Å². The Morgan fingerprint density at radius 3 is 2.71 bits per heavy atom. The maximum absolute atomic E-state index is 12.1. The van der Waals surface area contributed by atoms with Crippen molar-refractivity contribution in [2.24, 2.45) is 0 Å². The van der Waals surface area contributed by atoms with E-state index < -0.39 is 0 Å². The Labute approximate surface area is 126 Å². The minimum Gasteiger partial charge on any atom is -0.467 e. The van der Waals surface area contributed by atoms with Gasteiger partial charge in [0.15, 0.2) is 0 Å². The molecule has 0 radical (unpaired) electrons. The molecule has 0 atom stereocenters. The van der Waals surface area contributed by atoms with E-state index in [2.05, 4.69) is 29.2 Å². The fourth-order valence-corrected chi connectivity index (χ4v) is 2.47. The fraction of sp³-hybridized carbons (Fsp3) is 0.667. The molecule has 1 N–H and O–H groups in total. The van der Waals surface area contributed by atoms with Crippen molar-refractivity contribution in [1.29, 1.82) is 0 Å². The average molecular weight is 294 g/mol. The first-order valence-corrected chi connectivity index (χ1v) is 7.57. The summed E-state index contributed by atoms with van der Waals surface area (Å²) in [6.45, 7) is 6.19. The molecular formula is C15H26N4O2. The molecule has 0 spiro atoms. The van der Waals surface area contributed by atoms with Gasteiger partial charge in [-0.25, -0.2) is 4.79 Å². The predicted octanol–water partition coefficient (Wildman–Crippen LogP) is 1.06. The molecular weight excluding hydrogens is 268 g/mol. The van der Waals surface area contributed by atoms with Gasteiger partial charge in [0.1, 0.15) is 5.76 Å². The number of carbonyl (C=O) groups excluding carboxylic acids is 1. The third-order valence-corrected chi connectivity index (χ3v) is 3.73. The highest BCUT2D eigenvalue weighted by molar-refractivity contribution is 5.74. The average Bonchev–Trinajstić information content (AvgIpc) is 2.98. The molecule has 0 bridgehead atoms. The van der Waals surface area contributed by atoms with E-state index in [4.69, 9.17) is 4.42 Å². The summed E-state index contributed by atoms with van der Waals surface area (Å²) >= 11 is 0. The van der Waals surface area contributed by atoms with Gasteiger partial charge in [-0.1, -0.05) is 0 Å². The molecule has 6 nitrogen and oxygen atoms in total. The summed E-state index contributed by atoms with van der Waals surface area (Å²) in [5, 5.41) is 2.90. The second-order valence-corrected chi connectivity index (χ2v) is 5.72. The topological polar surface area (TPSA) is 52.0 Å². The van der Waals surface area contributed by atoms with Crippen LogP contribution in [0.15, 0.2) is 22.8 Å². The number of nitrogens with zero attached hydrogens (tertiary/aromatic N) is 3. The number of rotatable bonds is 6. The van der Waals surface area contributed by atoms with Crippen molar-refractivity contribution >= 4 is 6.03 Å². The lowest BCUT2D eigenvalue weighted by Gasteiger charge is -2.34. The van der Waals surface area contributed by atoms with Crippen molar-refractivity contribution < 1.29 is 9.21 Å². The van der Waals surface area contributed by atoms with E-state index in [1.165, 1.54) is 6.42 Å². The van der Waals surface area contributed by atoms with E-state index in [9.17, 15) is 4.79 Å². The van der Waals surface area contributed by atoms with E-state index in [0.29, 0.717) is 6.54 Å². The van der Waals surface area contributed by atoms with Gasteiger partial charge in [0.25, 0.3) is 0 Å². The van der Waals surface area contributed by atoms with Crippen LogP contribution in [0.1, 0.15) is 12.2 Å². The largest absolute Gasteiger partial charge is 0.467 e. The minimum atomic E-state index is -0.000610. The maximum atomic E-state index is 12.1. The highest BCUT2D eigenvalue weighted by Crippen LogP contribution is 2.04. The molecule has 0 aliphatic carbocycles. The zero-order chi connectivity index (χ0) is 15.1. The lowest BCUT2D eigenvalue weighted by Crippen LogP contribution is -2.51. The standard InChI is InChI=1S/C15H26N4O2/c1-17(2)6-4-7-18-8-10-19(11-9-18)15(20)16-13-14-5-3-12-21-14/h3,5,12H,4,6-11,13H2,1-2H3,(H,16,20). The Hall–Kier alpha value is -1.53. The van der Waals surface area contributed by atoms with E-state index in [-0.39, 0.29) is 6.03 Å². The number of nitrogens with one attached hydrogen (secondary N) is 1. The summed E-state index contributed by atoms with van der Waals surface area (Å²) in [5.74, 6) is 0.783. The Morgan fingerprint density at radius 1 is 1.33 bits per heavy atom. The number of piperazine rings is 1. The molecule has 21 heavy (non-hydrogen) atoms. The summed E-state index contributed by atoms with van der Waals surface area (Å²) in [7, 11) is 4.20. The molecule has 0 saturated carbocycles. The van der Waals surface area contributed by atoms with Crippen molar-refractivity contribution in [1.82, 2.24) is 20.0 Å². The summed E-state index contributed by atoms with van der Waals surface area (Å²) in [6, 6.07) is 3.69. The van der Waals surface area contributed by atoms with Crippen molar-refractivity contribution in [3.63, 3.8) is 0 Å². The van der Waals surface area contributed by atoms with Gasteiger partial charge < -0.3 is 19.5 Å². The zero-order valence-electron chi connectivity index (χ0n) is 13.0. The first-order valence-electron chi connectivity index (χ1n) is 7.57. The van der Waals surface area contributed by atoms with Crippen LogP contribution in [0.25, 0.3) is 0 Å². The molecule has 1 aromatic heterocycles. The SMILES string of the molecule is CN(C)CCCN1CCN(C(=O)NCc2ccco2)CC1. The van der Waals surface area contributed by atoms with E-state index in [0.717, 1.165) is 45.0 Å². The molecule has 2 rings (SSSR count). The molecule has 0 aromatic carbocycles. The molecule has 6 heteroatoms. The second-order valence-electron chi connectivity index (χ2n) is 5.72. The summed E-state index contributed by atoms with van der Waals surface area (Å²) < 4.78 is 5.21. The Balaban J connectivity index is 1.62. The summed E-state index contributed by atoms with van der Waals surface area (Å²) in [4.78, 5) is 18.6. The van der Waals surface area contributed by atoms with Gasteiger partial charge in [0, 0.05) is 26.2 Å². The Morgan fingerprint density at radius 2 is 2.10 bits per heavy atom. The Kier molecular flexibility index (Phi) is 6.07. The maximum Gasteiger partial charge on any atom is 0.317 e. The third kappa shape index (κ3) is 5.40. The predicted molar refractivity (Wildman–Crippen MR) is 82.1 cm³/mol. The van der Waals surface area contributed by atoms with Gasteiger partial charge in [-0.15, -0.1) is 0 Å². The van der Waals surface area contributed by atoms with Gasteiger partial charge in [0.05, 0.1) is 12.8 Å². The molecule has 1 aliphatic heterocycles. The highest BCUT2D eigenvalue weighted by Gasteiger charge is 2.20. The molecule has 2 amide bonds. The van der Waals surface area contributed by atoms with Gasteiger partial charge in [-0.2, -0.15) is 0 Å². The van der Waals surface area contributed by atoms with Crippen LogP contribution >= 0.6 is 0 Å². The normalized spacial score (nSPS) is 16.4. The molecule has 118 valence electrons. The number of furan rings is 1. The van der Waals surface area contributed by atoms with Crippen molar-refractivity contribution in [3.05, 3.63) is 24.2 Å². The minimum absolute atomic E-state index is 0.000610. The number of amides is 2. The van der Waals surface area contributed by atoms with Crippen LogP contribution in [0.3, 0.4) is 0 Å². The molecule has 1 aliphatic rings. The van der Waals surface area contributed by atoms with Crippen LogP contribution in [0.5, 0.6) is 0 Å². The lowest BCUT2D eigenvalue weighted by atomic mass is 10.3. The van der Waals surface area contributed by atoms with Crippen LogP contribution in [-0.4, -0.2) is 74.1 Å². The zero-order valence-corrected chi connectivity index (χ0v) is 13.0. The van der Waals surface area contributed by atoms with Crippen molar-refractivity contribution in [3.8, 4) is 0 Å². The number of hydrogen-bond acceptors (Lipinski definition) is 4. The number of urea groups is 1. The molecule has 2 heterocycles. The number of carbonyl (C=O) groups is 1. The van der Waals surface area contributed by atoms with Gasteiger partial charge in [0.2, 0.25) is 0 Å². The first kappa shape index (κ1) is 15.9. The molecule has 1 fully saturated rings. The van der Waals surface area contributed by atoms with Gasteiger partial charge in [-0.05, 0) is 45.7 Å². The third-order valence-electron chi connectivity index (χ3n) is 3.73. The summed E-state index contributed by atoms with van der Waals surface area (Å²) in [6.07, 6.45) is 2.80. The van der Waals surface area contributed by atoms with Gasteiger partial charge >= 0.3 is 6.03 Å². The second kappa shape index (κ2) is 8.05. The Bertz CT molecular complexity index is 411. The molecule has 0 unspecified atom stereocenters. The van der Waals surface area contributed by atoms with Gasteiger partial charge in [-0.3, -0.25) is 4.90 Å². The van der Waals surface area contributed by atoms with E-state index >= 15 is 0 Å². The van der Waals surface area contributed by atoms with E-state index in [1.54, 1.807) is 6.26 Å². The molecule has 1 aromatic rings. The monoisotopic (exact) mass is 294 g/mol. The van der Waals surface area contributed by atoms with Crippen LogP contribution in [0.4, 0.5) is 4.79 Å². The molecule has 1 saturated heterocycles. The van der Waals surface area contributed by atoms with Crippen LogP contribution in [-0.2, 0) is 6.54 Å². The smallest absolute Gasteiger partial charge is 0.317 e. The summed E-state index contributed by atoms with van der Waals surface area (Å²) in [5.41, 5.74) is 0. The van der Waals surface area contributed by atoms with Crippen LogP contribution < -0.4 is 5.32 Å².